The molecule has 3 heterocycles. The van der Waals surface area contributed by atoms with Crippen molar-refractivity contribution >= 4 is 58.5 Å². The second-order valence-electron chi connectivity index (χ2n) is 13.9. The predicted octanol–water partition coefficient (Wildman–Crippen LogP) is 3.27. The van der Waals surface area contributed by atoms with Crippen molar-refractivity contribution in [3.63, 3.8) is 0 Å². The Balaban J connectivity index is 1.43. The molecule has 0 radical (unpaired) electrons. The maximum atomic E-state index is 14.4. The smallest absolute Gasteiger partial charge is 0.408 e. The number of carbonyl (C=O) groups excluding carboxylic acids is 5. The zero-order valence-corrected chi connectivity index (χ0v) is 29.0. The highest BCUT2D eigenvalue weighted by Crippen LogP contribution is 2.41. The zero-order valence-electron chi connectivity index (χ0n) is 27.5. The van der Waals surface area contributed by atoms with Crippen LogP contribution in [0.4, 0.5) is 4.79 Å². The first-order valence-electron chi connectivity index (χ1n) is 16.3. The lowest BCUT2D eigenvalue weighted by atomic mass is 9.85. The molecule has 1 saturated carbocycles. The normalized spacial score (nSPS) is 24.8. The van der Waals surface area contributed by atoms with E-state index < -0.39 is 64.8 Å². The molecule has 0 unspecified atom stereocenters. The van der Waals surface area contributed by atoms with Crippen LogP contribution in [0.15, 0.2) is 24.3 Å². The highest BCUT2D eigenvalue weighted by atomic mass is 35.5. The number of hydrogen-bond donors (Lipinski definition) is 4. The molecule has 48 heavy (non-hydrogen) atoms. The number of carbonyl (C=O) groups is 5. The molecule has 4 aliphatic rings. The van der Waals surface area contributed by atoms with Gasteiger partial charge in [-0.3, -0.25) is 29.5 Å². The van der Waals surface area contributed by atoms with Gasteiger partial charge in [0.1, 0.15) is 23.8 Å². The second-order valence-corrected chi connectivity index (χ2v) is 14.7. The first-order valence-corrected chi connectivity index (χ1v) is 17.1. The van der Waals surface area contributed by atoms with Gasteiger partial charge in [-0.2, -0.15) is 0 Å². The van der Waals surface area contributed by atoms with Gasteiger partial charge in [-0.15, -0.1) is 0 Å². The van der Waals surface area contributed by atoms with E-state index in [1.165, 1.54) is 4.90 Å². The van der Waals surface area contributed by atoms with E-state index >= 15 is 0 Å². The Bertz CT molecular complexity index is 1450. The summed E-state index contributed by atoms with van der Waals surface area (Å²) < 4.78 is 10.8. The Labute approximate surface area is 289 Å². The van der Waals surface area contributed by atoms with Crippen molar-refractivity contribution in [2.45, 2.75) is 102 Å². The molecule has 13 nitrogen and oxygen atoms in total. The standard InChI is InChI=1S/C33H43Cl2N5O8/c1-5-7-22(26(41)29(43)36-18-10-11-18)37-28(42)24-15-33(14-23(39-48-33)25-20(34)8-6-9-21(25)35)17-40(24)30(44)27(32(2,3)4)38-31(45)47-19-12-13-46-16-19/h6,8-9,14,18-19,22,24,27,39H,5,7,10-13,15-17H2,1-4H3,(H,36,43)(H,37,42)(H,38,45)/t19-,22-,24-,27+,33+/m0/s1. The fourth-order valence-corrected chi connectivity index (χ4v) is 6.69. The minimum absolute atomic E-state index is 0.00876. The van der Waals surface area contributed by atoms with Crippen molar-refractivity contribution < 1.29 is 38.3 Å². The summed E-state index contributed by atoms with van der Waals surface area (Å²) in [6.45, 7) is 7.85. The van der Waals surface area contributed by atoms with Gasteiger partial charge in [0.25, 0.3) is 5.91 Å². The molecule has 3 fully saturated rings. The lowest BCUT2D eigenvalue weighted by Crippen LogP contribution is -2.59. The number of hydroxylamine groups is 1. The summed E-state index contributed by atoms with van der Waals surface area (Å²) in [5.41, 5.74) is 1.82. The van der Waals surface area contributed by atoms with Gasteiger partial charge in [-0.25, -0.2) is 4.79 Å². The average molecular weight is 709 g/mol. The number of nitrogens with zero attached hydrogens (tertiary/aromatic N) is 1. The van der Waals surface area contributed by atoms with Crippen molar-refractivity contribution in [2.75, 3.05) is 19.8 Å². The van der Waals surface area contributed by atoms with Crippen LogP contribution in [0.1, 0.15) is 71.8 Å². The van der Waals surface area contributed by atoms with Gasteiger partial charge in [0, 0.05) is 24.4 Å². The molecule has 3 aliphatic heterocycles. The van der Waals surface area contributed by atoms with E-state index in [9.17, 15) is 24.0 Å². The van der Waals surface area contributed by atoms with Gasteiger partial charge >= 0.3 is 6.09 Å². The molecule has 0 bridgehead atoms. The number of benzene rings is 1. The number of alkyl carbamates (subject to hydrolysis) is 1. The molecule has 0 aromatic heterocycles. The van der Waals surface area contributed by atoms with Crippen LogP contribution >= 0.6 is 23.2 Å². The number of nitrogens with one attached hydrogen (secondary N) is 4. The summed E-state index contributed by atoms with van der Waals surface area (Å²) in [4.78, 5) is 74.7. The number of halogens is 2. The van der Waals surface area contributed by atoms with Crippen LogP contribution in [0.2, 0.25) is 10.0 Å². The fraction of sp³-hybridized carbons (Fsp3) is 0.606. The number of Topliss-reactive ketones (excluding diaryl/α,β-unsaturated/α-hetero) is 1. The van der Waals surface area contributed by atoms with E-state index in [0.29, 0.717) is 40.8 Å². The molecule has 1 aliphatic carbocycles. The molecule has 4 amide bonds. The number of hydrogen-bond acceptors (Lipinski definition) is 9. The van der Waals surface area contributed by atoms with Crippen LogP contribution < -0.4 is 21.4 Å². The fourth-order valence-electron chi connectivity index (χ4n) is 6.09. The van der Waals surface area contributed by atoms with E-state index in [0.717, 1.165) is 12.8 Å². The second kappa shape index (κ2) is 14.6. The third-order valence-corrected chi connectivity index (χ3v) is 9.46. The molecule has 15 heteroatoms. The SMILES string of the molecule is CCC[C@H](NC(=O)[C@@H]1C[C@]2(C=C(c3c(Cl)cccc3Cl)NO2)CN1C(=O)[C@@H](NC(=O)O[C@H]1CCOC1)C(C)(C)C)C(=O)C(=O)NC1CC1. The Hall–Kier alpha value is -3.39. The molecule has 4 N–H and O–H groups in total. The van der Waals surface area contributed by atoms with Crippen LogP contribution in [0.3, 0.4) is 0 Å². The predicted molar refractivity (Wildman–Crippen MR) is 177 cm³/mol. The zero-order chi connectivity index (χ0) is 34.8. The molecular formula is C33H43Cl2N5O8. The van der Waals surface area contributed by atoms with Crippen molar-refractivity contribution in [1.82, 2.24) is 26.3 Å². The maximum absolute atomic E-state index is 14.4. The minimum atomic E-state index is -1.20. The summed E-state index contributed by atoms with van der Waals surface area (Å²) in [6, 6.07) is 1.70. The maximum Gasteiger partial charge on any atom is 0.408 e. The molecule has 1 spiro atoms. The van der Waals surface area contributed by atoms with E-state index in [2.05, 4.69) is 21.4 Å². The molecular weight excluding hydrogens is 665 g/mol. The Morgan fingerprint density at radius 1 is 1.10 bits per heavy atom. The van der Waals surface area contributed by atoms with Gasteiger partial charge in [-0.05, 0) is 42.9 Å². The van der Waals surface area contributed by atoms with Crippen LogP contribution in [-0.4, -0.2) is 90.1 Å². The van der Waals surface area contributed by atoms with Crippen LogP contribution in [-0.2, 0) is 33.5 Å². The number of ether oxygens (including phenoxy) is 2. The van der Waals surface area contributed by atoms with Crippen molar-refractivity contribution in [1.29, 1.82) is 0 Å². The molecule has 5 rings (SSSR count). The van der Waals surface area contributed by atoms with Crippen LogP contribution in [0.25, 0.3) is 5.70 Å². The Morgan fingerprint density at radius 2 is 1.81 bits per heavy atom. The largest absolute Gasteiger partial charge is 0.444 e. The first-order chi connectivity index (χ1) is 22.7. The molecule has 5 atom stereocenters. The lowest BCUT2D eigenvalue weighted by molar-refractivity contribution is -0.144. The minimum Gasteiger partial charge on any atom is -0.444 e. The molecule has 1 aromatic rings. The van der Waals surface area contributed by atoms with Gasteiger partial charge in [0.2, 0.25) is 17.6 Å². The van der Waals surface area contributed by atoms with E-state index in [-0.39, 0.29) is 32.0 Å². The third kappa shape index (κ3) is 8.24. The lowest BCUT2D eigenvalue weighted by Gasteiger charge is -2.35. The van der Waals surface area contributed by atoms with Crippen molar-refractivity contribution in [2.24, 2.45) is 5.41 Å². The molecule has 1 aromatic carbocycles. The summed E-state index contributed by atoms with van der Waals surface area (Å²) in [5, 5.41) is 8.89. The van der Waals surface area contributed by atoms with Crippen molar-refractivity contribution in [3.8, 4) is 0 Å². The van der Waals surface area contributed by atoms with E-state index in [1.807, 2.05) is 6.92 Å². The third-order valence-electron chi connectivity index (χ3n) is 8.83. The van der Waals surface area contributed by atoms with Gasteiger partial charge < -0.3 is 30.3 Å². The van der Waals surface area contributed by atoms with Crippen LogP contribution in [0.5, 0.6) is 0 Å². The van der Waals surface area contributed by atoms with E-state index in [4.69, 9.17) is 37.5 Å². The summed E-state index contributed by atoms with van der Waals surface area (Å²) in [5.74, 6) is -2.68. The topological polar surface area (TPSA) is 164 Å². The number of ketones is 1. The summed E-state index contributed by atoms with van der Waals surface area (Å²) in [6.07, 6.45) is 3.42. The van der Waals surface area contributed by atoms with Crippen LogP contribution in [0, 0.1) is 5.41 Å². The summed E-state index contributed by atoms with van der Waals surface area (Å²) in [7, 11) is 0. The highest BCUT2D eigenvalue weighted by molar-refractivity contribution is 6.38. The Morgan fingerprint density at radius 3 is 2.42 bits per heavy atom. The highest BCUT2D eigenvalue weighted by Gasteiger charge is 2.54. The number of amides is 4. The quantitative estimate of drug-likeness (QED) is 0.253. The number of rotatable bonds is 11. The first kappa shape index (κ1) is 35.9. The summed E-state index contributed by atoms with van der Waals surface area (Å²) >= 11 is 12.9. The average Bonchev–Trinajstić information content (AvgIpc) is 3.37. The van der Waals surface area contributed by atoms with Gasteiger partial charge in [-0.1, -0.05) is 63.4 Å². The number of likely N-dealkylation sites (tertiary alicyclic amines) is 1. The monoisotopic (exact) mass is 707 g/mol. The van der Waals surface area contributed by atoms with Gasteiger partial charge in [0.15, 0.2) is 0 Å². The Kier molecular flexibility index (Phi) is 10.9. The van der Waals surface area contributed by atoms with Crippen molar-refractivity contribution in [3.05, 3.63) is 39.9 Å². The molecule has 2 saturated heterocycles. The van der Waals surface area contributed by atoms with E-state index in [1.54, 1.807) is 45.0 Å². The molecule has 262 valence electrons. The van der Waals surface area contributed by atoms with Gasteiger partial charge in [0.05, 0.1) is 41.5 Å².